The SMILES string of the molecule is CC(C)(C)OC(=O)N1CCC(NC2CCS(=O)(=O)C2)C1. The zero-order valence-corrected chi connectivity index (χ0v) is 13.2. The number of amides is 1. The minimum Gasteiger partial charge on any atom is -0.444 e. The Hall–Kier alpha value is -0.820. The van der Waals surface area contributed by atoms with E-state index in [-0.39, 0.29) is 29.7 Å². The quantitative estimate of drug-likeness (QED) is 0.815. The van der Waals surface area contributed by atoms with Gasteiger partial charge in [-0.2, -0.15) is 0 Å². The van der Waals surface area contributed by atoms with Crippen LogP contribution in [-0.2, 0) is 14.6 Å². The first-order chi connectivity index (χ1) is 9.15. The third kappa shape index (κ3) is 4.34. The van der Waals surface area contributed by atoms with E-state index < -0.39 is 15.4 Å². The molecule has 2 fully saturated rings. The number of likely N-dealkylation sites (tertiary alicyclic amines) is 1. The number of sulfone groups is 1. The molecule has 2 rings (SSSR count). The molecule has 6 nitrogen and oxygen atoms in total. The lowest BCUT2D eigenvalue weighted by Crippen LogP contribution is -2.42. The lowest BCUT2D eigenvalue weighted by Gasteiger charge is -2.24. The molecule has 0 radical (unpaired) electrons. The molecule has 7 heteroatoms. The molecule has 0 saturated carbocycles. The van der Waals surface area contributed by atoms with Crippen LogP contribution in [0.1, 0.15) is 33.6 Å². The highest BCUT2D eigenvalue weighted by Crippen LogP contribution is 2.18. The molecule has 0 aromatic carbocycles. The predicted molar refractivity (Wildman–Crippen MR) is 76.4 cm³/mol. The van der Waals surface area contributed by atoms with Crippen LogP contribution in [0.3, 0.4) is 0 Å². The van der Waals surface area contributed by atoms with E-state index in [1.807, 2.05) is 20.8 Å². The van der Waals surface area contributed by atoms with Gasteiger partial charge in [0.15, 0.2) is 9.84 Å². The van der Waals surface area contributed by atoms with E-state index in [4.69, 9.17) is 4.74 Å². The molecule has 2 atom stereocenters. The van der Waals surface area contributed by atoms with Crippen LogP contribution in [0.5, 0.6) is 0 Å². The van der Waals surface area contributed by atoms with E-state index in [2.05, 4.69) is 5.32 Å². The summed E-state index contributed by atoms with van der Waals surface area (Å²) in [6.07, 6.45) is 1.22. The van der Waals surface area contributed by atoms with Gasteiger partial charge >= 0.3 is 6.09 Å². The summed E-state index contributed by atoms with van der Waals surface area (Å²) >= 11 is 0. The maximum absolute atomic E-state index is 11.9. The van der Waals surface area contributed by atoms with Gasteiger partial charge in [-0.15, -0.1) is 0 Å². The summed E-state index contributed by atoms with van der Waals surface area (Å²) in [5.41, 5.74) is -0.484. The molecule has 0 bridgehead atoms. The lowest BCUT2D eigenvalue weighted by atomic mass is 10.2. The minimum absolute atomic E-state index is 0.0311. The number of hydrogen-bond acceptors (Lipinski definition) is 5. The Kier molecular flexibility index (Phi) is 4.30. The molecule has 0 aromatic rings. The van der Waals surface area contributed by atoms with Crippen molar-refractivity contribution in [3.8, 4) is 0 Å². The van der Waals surface area contributed by atoms with Gasteiger partial charge in [-0.05, 0) is 33.6 Å². The molecule has 2 aliphatic heterocycles. The zero-order chi connectivity index (χ0) is 15.0. The van der Waals surface area contributed by atoms with Crippen LogP contribution >= 0.6 is 0 Å². The molecule has 1 N–H and O–H groups in total. The third-order valence-electron chi connectivity index (χ3n) is 3.54. The molecule has 2 unspecified atom stereocenters. The van der Waals surface area contributed by atoms with Crippen molar-refractivity contribution in [1.29, 1.82) is 0 Å². The van der Waals surface area contributed by atoms with Crippen LogP contribution in [0.2, 0.25) is 0 Å². The van der Waals surface area contributed by atoms with Gasteiger partial charge in [0.25, 0.3) is 0 Å². The lowest BCUT2D eigenvalue weighted by molar-refractivity contribution is 0.0290. The second-order valence-corrected chi connectivity index (χ2v) is 8.91. The Bertz CT molecular complexity index is 469. The molecule has 0 aliphatic carbocycles. The number of nitrogens with one attached hydrogen (secondary N) is 1. The van der Waals surface area contributed by atoms with Crippen LogP contribution in [0.4, 0.5) is 4.79 Å². The fraction of sp³-hybridized carbons (Fsp3) is 0.923. The van der Waals surface area contributed by atoms with Gasteiger partial charge in [0.05, 0.1) is 11.5 Å². The first-order valence-corrected chi connectivity index (χ1v) is 8.91. The molecule has 2 saturated heterocycles. The average molecular weight is 304 g/mol. The summed E-state index contributed by atoms with van der Waals surface area (Å²) in [5.74, 6) is 0.489. The van der Waals surface area contributed by atoms with Crippen molar-refractivity contribution in [3.05, 3.63) is 0 Å². The number of carbonyl (C=O) groups is 1. The fourth-order valence-corrected chi connectivity index (χ4v) is 4.33. The topological polar surface area (TPSA) is 75.7 Å². The normalized spacial score (nSPS) is 29.6. The zero-order valence-electron chi connectivity index (χ0n) is 12.4. The van der Waals surface area contributed by atoms with Crippen molar-refractivity contribution >= 4 is 15.9 Å². The second kappa shape index (κ2) is 5.52. The summed E-state index contributed by atoms with van der Waals surface area (Å²) in [4.78, 5) is 13.6. The Morgan fingerprint density at radius 2 is 1.95 bits per heavy atom. The van der Waals surface area contributed by atoms with Crippen molar-refractivity contribution < 1.29 is 17.9 Å². The standard InChI is InChI=1S/C13H24N2O4S/c1-13(2,3)19-12(16)15-6-4-10(8-15)14-11-5-7-20(17,18)9-11/h10-11,14H,4-9H2,1-3H3. The van der Waals surface area contributed by atoms with Gasteiger partial charge in [-0.3, -0.25) is 0 Å². The van der Waals surface area contributed by atoms with Crippen LogP contribution in [0, 0.1) is 0 Å². The molecule has 20 heavy (non-hydrogen) atoms. The maximum atomic E-state index is 11.9. The van der Waals surface area contributed by atoms with Crippen LogP contribution in [-0.4, -0.2) is 61.7 Å². The van der Waals surface area contributed by atoms with E-state index >= 15 is 0 Å². The predicted octanol–water partition coefficient (Wildman–Crippen LogP) is 0.773. The Morgan fingerprint density at radius 3 is 2.50 bits per heavy atom. The number of carbonyl (C=O) groups excluding carboxylic acids is 1. The van der Waals surface area contributed by atoms with E-state index in [0.717, 1.165) is 6.42 Å². The van der Waals surface area contributed by atoms with E-state index in [1.165, 1.54) is 0 Å². The van der Waals surface area contributed by atoms with Gasteiger partial charge in [0.1, 0.15) is 5.60 Å². The Morgan fingerprint density at radius 1 is 1.25 bits per heavy atom. The number of hydrogen-bond donors (Lipinski definition) is 1. The van der Waals surface area contributed by atoms with E-state index in [9.17, 15) is 13.2 Å². The van der Waals surface area contributed by atoms with Crippen molar-refractivity contribution in [3.63, 3.8) is 0 Å². The van der Waals surface area contributed by atoms with Gasteiger partial charge in [-0.1, -0.05) is 0 Å². The number of ether oxygens (including phenoxy) is 1. The number of rotatable bonds is 2. The summed E-state index contributed by atoms with van der Waals surface area (Å²) in [6, 6.07) is 0.199. The van der Waals surface area contributed by atoms with Gasteiger partial charge < -0.3 is 15.0 Å². The molecule has 2 heterocycles. The second-order valence-electron chi connectivity index (χ2n) is 6.68. The summed E-state index contributed by atoms with van der Waals surface area (Å²) in [7, 11) is -2.86. The first kappa shape index (κ1) is 15.6. The van der Waals surface area contributed by atoms with Crippen molar-refractivity contribution in [2.75, 3.05) is 24.6 Å². The van der Waals surface area contributed by atoms with Gasteiger partial charge in [-0.25, -0.2) is 13.2 Å². The summed E-state index contributed by atoms with van der Waals surface area (Å²) in [6.45, 7) is 6.79. The molecule has 0 aromatic heterocycles. The van der Waals surface area contributed by atoms with E-state index in [0.29, 0.717) is 19.5 Å². The monoisotopic (exact) mass is 304 g/mol. The highest BCUT2D eigenvalue weighted by Gasteiger charge is 2.34. The Labute approximate surface area is 120 Å². The van der Waals surface area contributed by atoms with Crippen molar-refractivity contribution in [1.82, 2.24) is 10.2 Å². The smallest absolute Gasteiger partial charge is 0.410 e. The minimum atomic E-state index is -2.86. The largest absolute Gasteiger partial charge is 0.444 e. The molecule has 0 spiro atoms. The Balaban J connectivity index is 1.80. The molecular weight excluding hydrogens is 280 g/mol. The highest BCUT2D eigenvalue weighted by molar-refractivity contribution is 7.91. The average Bonchev–Trinajstić information content (AvgIpc) is 2.83. The summed E-state index contributed by atoms with van der Waals surface area (Å²) < 4.78 is 28.2. The molecule has 1 amide bonds. The fourth-order valence-electron chi connectivity index (χ4n) is 2.65. The highest BCUT2D eigenvalue weighted by atomic mass is 32.2. The molecule has 116 valence electrons. The molecular formula is C13H24N2O4S. The van der Waals surface area contributed by atoms with E-state index in [1.54, 1.807) is 4.90 Å². The maximum Gasteiger partial charge on any atom is 0.410 e. The van der Waals surface area contributed by atoms with Crippen LogP contribution in [0.25, 0.3) is 0 Å². The third-order valence-corrected chi connectivity index (χ3v) is 5.31. The summed E-state index contributed by atoms with van der Waals surface area (Å²) in [5, 5.41) is 3.35. The first-order valence-electron chi connectivity index (χ1n) is 7.09. The van der Waals surface area contributed by atoms with Gasteiger partial charge in [0.2, 0.25) is 0 Å². The van der Waals surface area contributed by atoms with Gasteiger partial charge in [0, 0.05) is 25.2 Å². The number of nitrogens with zero attached hydrogens (tertiary/aromatic N) is 1. The van der Waals surface area contributed by atoms with Crippen molar-refractivity contribution in [2.24, 2.45) is 0 Å². The van der Waals surface area contributed by atoms with Crippen LogP contribution < -0.4 is 5.32 Å². The van der Waals surface area contributed by atoms with Crippen LogP contribution in [0.15, 0.2) is 0 Å². The molecule has 2 aliphatic rings. The van der Waals surface area contributed by atoms with Crippen molar-refractivity contribution in [2.45, 2.75) is 51.3 Å².